The van der Waals surface area contributed by atoms with Crippen molar-refractivity contribution < 1.29 is 4.79 Å². The van der Waals surface area contributed by atoms with Crippen LogP contribution in [0.3, 0.4) is 0 Å². The minimum Gasteiger partial charge on any atom is -0.373 e. The van der Waals surface area contributed by atoms with E-state index in [9.17, 15) is 4.79 Å². The van der Waals surface area contributed by atoms with Crippen molar-refractivity contribution in [1.29, 1.82) is 0 Å². The number of para-hydroxylation sites is 1. The normalized spacial score (nSPS) is 11.7. The number of hydrogen-bond donors (Lipinski definition) is 2. The number of anilines is 2. The number of rotatable bonds is 6. The van der Waals surface area contributed by atoms with Gasteiger partial charge in [-0.2, -0.15) is 0 Å². The molecule has 4 rings (SSSR count). The molecule has 1 aromatic heterocycles. The molecule has 0 saturated heterocycles. The molecule has 1 amide bonds. The van der Waals surface area contributed by atoms with E-state index in [-0.39, 0.29) is 11.9 Å². The quantitative estimate of drug-likeness (QED) is 0.322. The topological polar surface area (TPSA) is 41.1 Å². The second-order valence-corrected chi connectivity index (χ2v) is 8.95. The molecule has 0 aliphatic rings. The van der Waals surface area contributed by atoms with Gasteiger partial charge in [-0.25, -0.2) is 0 Å². The summed E-state index contributed by atoms with van der Waals surface area (Å²) in [5, 5.41) is 8.26. The van der Waals surface area contributed by atoms with Crippen molar-refractivity contribution in [2.45, 2.75) is 19.9 Å². The van der Waals surface area contributed by atoms with E-state index in [2.05, 4.69) is 36.6 Å². The van der Waals surface area contributed by atoms with Crippen molar-refractivity contribution in [2.75, 3.05) is 10.6 Å². The number of thiophene rings is 1. The lowest BCUT2D eigenvalue weighted by atomic mass is 9.96. The Balaban J connectivity index is 1.78. The van der Waals surface area contributed by atoms with Crippen LogP contribution in [0.25, 0.3) is 0 Å². The van der Waals surface area contributed by atoms with Gasteiger partial charge in [0.15, 0.2) is 0 Å². The van der Waals surface area contributed by atoms with Crippen molar-refractivity contribution in [2.24, 2.45) is 0 Å². The lowest BCUT2D eigenvalue weighted by Crippen LogP contribution is -2.17. The molecule has 1 atom stereocenters. The van der Waals surface area contributed by atoms with Crippen LogP contribution >= 0.6 is 22.9 Å². The number of carbonyl (C=O) groups excluding carboxylic acids is 1. The maximum absolute atomic E-state index is 12.9. The maximum Gasteiger partial charge on any atom is 0.256 e. The monoisotopic (exact) mass is 446 g/mol. The van der Waals surface area contributed by atoms with Crippen molar-refractivity contribution in [3.8, 4) is 0 Å². The molecule has 0 fully saturated rings. The predicted molar refractivity (Wildman–Crippen MR) is 132 cm³/mol. The molecule has 0 unspecified atom stereocenters. The second-order valence-electron chi connectivity index (χ2n) is 7.31. The smallest absolute Gasteiger partial charge is 0.256 e. The SMILES string of the molecule is Cc1sc(NC(=O)c2ccccc2)c([C@H](Nc2ccccc2Cl)c2ccccc2)c1C. The van der Waals surface area contributed by atoms with E-state index >= 15 is 0 Å². The molecule has 3 nitrogen and oxygen atoms in total. The van der Waals surface area contributed by atoms with Crippen LogP contribution in [-0.4, -0.2) is 5.91 Å². The number of halogens is 1. The van der Waals surface area contributed by atoms with Gasteiger partial charge in [0.2, 0.25) is 0 Å². The van der Waals surface area contributed by atoms with Crippen molar-refractivity contribution in [3.63, 3.8) is 0 Å². The summed E-state index contributed by atoms with van der Waals surface area (Å²) < 4.78 is 0. The Morgan fingerprint density at radius 1 is 0.871 bits per heavy atom. The molecule has 1 heterocycles. The maximum atomic E-state index is 12.9. The number of aryl methyl sites for hydroxylation is 1. The molecule has 4 aromatic rings. The first kappa shape index (κ1) is 21.2. The first-order valence-corrected chi connectivity index (χ1v) is 11.3. The zero-order valence-corrected chi connectivity index (χ0v) is 18.9. The lowest BCUT2D eigenvalue weighted by Gasteiger charge is -2.23. The molecule has 156 valence electrons. The fourth-order valence-corrected chi connectivity index (χ4v) is 4.84. The van der Waals surface area contributed by atoms with Crippen LogP contribution in [0, 0.1) is 13.8 Å². The van der Waals surface area contributed by atoms with Crippen LogP contribution in [0.4, 0.5) is 10.7 Å². The number of amides is 1. The Bertz CT molecular complexity index is 1190. The van der Waals surface area contributed by atoms with E-state index in [1.165, 1.54) is 4.88 Å². The molecular formula is C26H23ClN2OS. The summed E-state index contributed by atoms with van der Waals surface area (Å²) in [6.07, 6.45) is 0. The summed E-state index contributed by atoms with van der Waals surface area (Å²) in [5.41, 5.74) is 4.78. The molecule has 0 radical (unpaired) electrons. The van der Waals surface area contributed by atoms with Gasteiger partial charge in [-0.05, 0) is 49.2 Å². The minimum atomic E-state index is -0.169. The highest BCUT2D eigenvalue weighted by Gasteiger charge is 2.25. The van der Waals surface area contributed by atoms with Crippen LogP contribution < -0.4 is 10.6 Å². The van der Waals surface area contributed by atoms with Gasteiger partial charge in [-0.15, -0.1) is 11.3 Å². The number of hydrogen-bond acceptors (Lipinski definition) is 3. The van der Waals surface area contributed by atoms with Gasteiger partial charge in [0.25, 0.3) is 5.91 Å². The Morgan fingerprint density at radius 2 is 1.48 bits per heavy atom. The summed E-state index contributed by atoms with van der Waals surface area (Å²) in [4.78, 5) is 14.1. The average molecular weight is 447 g/mol. The van der Waals surface area contributed by atoms with E-state index in [1.807, 2.05) is 72.8 Å². The summed E-state index contributed by atoms with van der Waals surface area (Å²) in [5.74, 6) is -0.118. The van der Waals surface area contributed by atoms with Gasteiger partial charge in [0.05, 0.1) is 16.8 Å². The van der Waals surface area contributed by atoms with Crippen molar-refractivity contribution >= 4 is 39.5 Å². The molecule has 2 N–H and O–H groups in total. The fraction of sp³-hybridized carbons (Fsp3) is 0.115. The van der Waals surface area contributed by atoms with E-state index in [1.54, 1.807) is 11.3 Å². The van der Waals surface area contributed by atoms with E-state index in [0.717, 1.165) is 27.4 Å². The second kappa shape index (κ2) is 9.38. The zero-order chi connectivity index (χ0) is 21.8. The average Bonchev–Trinajstić information content (AvgIpc) is 3.07. The third-order valence-corrected chi connectivity index (χ3v) is 6.76. The third kappa shape index (κ3) is 4.66. The minimum absolute atomic E-state index is 0.118. The largest absolute Gasteiger partial charge is 0.373 e. The molecule has 0 spiro atoms. The highest BCUT2D eigenvalue weighted by Crippen LogP contribution is 2.41. The molecule has 5 heteroatoms. The molecular weight excluding hydrogens is 424 g/mol. The molecule has 0 saturated carbocycles. The van der Waals surface area contributed by atoms with Crippen LogP contribution in [0.1, 0.15) is 38.0 Å². The summed E-state index contributed by atoms with van der Waals surface area (Å²) in [7, 11) is 0. The van der Waals surface area contributed by atoms with Crippen LogP contribution in [0.15, 0.2) is 84.9 Å². The molecule has 0 bridgehead atoms. The number of benzene rings is 3. The Labute approximate surface area is 191 Å². The van der Waals surface area contributed by atoms with Crippen molar-refractivity contribution in [3.05, 3.63) is 117 Å². The van der Waals surface area contributed by atoms with Crippen LogP contribution in [-0.2, 0) is 0 Å². The highest BCUT2D eigenvalue weighted by molar-refractivity contribution is 7.16. The molecule has 31 heavy (non-hydrogen) atoms. The fourth-order valence-electron chi connectivity index (χ4n) is 3.55. The molecule has 0 aliphatic heterocycles. The van der Waals surface area contributed by atoms with Gasteiger partial charge in [-0.1, -0.05) is 72.3 Å². The van der Waals surface area contributed by atoms with Crippen LogP contribution in [0.2, 0.25) is 5.02 Å². The van der Waals surface area contributed by atoms with Gasteiger partial charge in [0, 0.05) is 16.0 Å². The van der Waals surface area contributed by atoms with E-state index in [0.29, 0.717) is 10.6 Å². The van der Waals surface area contributed by atoms with Gasteiger partial charge in [-0.3, -0.25) is 4.79 Å². The number of nitrogens with one attached hydrogen (secondary N) is 2. The highest BCUT2D eigenvalue weighted by atomic mass is 35.5. The lowest BCUT2D eigenvalue weighted by molar-refractivity contribution is 0.102. The van der Waals surface area contributed by atoms with E-state index in [4.69, 9.17) is 11.6 Å². The van der Waals surface area contributed by atoms with Crippen LogP contribution in [0.5, 0.6) is 0 Å². The van der Waals surface area contributed by atoms with Crippen molar-refractivity contribution in [1.82, 2.24) is 0 Å². The van der Waals surface area contributed by atoms with Gasteiger partial charge >= 0.3 is 0 Å². The molecule has 0 aliphatic carbocycles. The Kier molecular flexibility index (Phi) is 6.40. The number of carbonyl (C=O) groups is 1. The van der Waals surface area contributed by atoms with Gasteiger partial charge < -0.3 is 10.6 Å². The summed E-state index contributed by atoms with van der Waals surface area (Å²) >= 11 is 8.06. The summed E-state index contributed by atoms with van der Waals surface area (Å²) in [6, 6.07) is 27.0. The first-order valence-electron chi connectivity index (χ1n) is 10.1. The molecule has 3 aromatic carbocycles. The Hall–Kier alpha value is -3.08. The Morgan fingerprint density at radius 3 is 2.16 bits per heavy atom. The summed E-state index contributed by atoms with van der Waals surface area (Å²) in [6.45, 7) is 4.18. The zero-order valence-electron chi connectivity index (χ0n) is 17.4. The predicted octanol–water partition coefficient (Wildman–Crippen LogP) is 7.47. The standard InChI is InChI=1S/C26H23ClN2OS/c1-17-18(2)31-26(29-25(30)20-13-7-4-8-14-20)23(17)24(19-11-5-3-6-12-19)28-22-16-10-9-15-21(22)27/h3-16,24,28H,1-2H3,(H,29,30)/t24-/m1/s1. The van der Waals surface area contributed by atoms with E-state index < -0.39 is 0 Å². The van der Waals surface area contributed by atoms with Gasteiger partial charge in [0.1, 0.15) is 5.00 Å². The third-order valence-electron chi connectivity index (χ3n) is 5.29. The first-order chi connectivity index (χ1) is 15.0.